The van der Waals surface area contributed by atoms with Crippen LogP contribution in [-0.4, -0.2) is 33.7 Å². The quantitative estimate of drug-likeness (QED) is 0.782. The average Bonchev–Trinajstić information content (AvgIpc) is 2.15. The van der Waals surface area contributed by atoms with Gasteiger partial charge in [0.05, 0.1) is 11.3 Å². The molecule has 4 nitrogen and oxygen atoms in total. The smallest absolute Gasteiger partial charge is 0.123 e. The monoisotopic (exact) mass is 221 g/mol. The van der Waals surface area contributed by atoms with Crippen molar-refractivity contribution >= 4 is 5.82 Å². The van der Waals surface area contributed by atoms with Crippen molar-refractivity contribution < 1.29 is 5.11 Å². The van der Waals surface area contributed by atoms with E-state index in [4.69, 9.17) is 5.73 Å². The maximum atomic E-state index is 9.99. The van der Waals surface area contributed by atoms with Gasteiger partial charge in [-0.15, -0.1) is 0 Å². The first kappa shape index (κ1) is 11.4. The Bertz CT molecular complexity index is 365. The summed E-state index contributed by atoms with van der Waals surface area (Å²) >= 11 is 0. The first-order valence-corrected chi connectivity index (χ1v) is 5.71. The molecule has 0 aliphatic carbocycles. The molecule has 16 heavy (non-hydrogen) atoms. The molecule has 1 saturated heterocycles. The lowest BCUT2D eigenvalue weighted by atomic mass is 9.95. The van der Waals surface area contributed by atoms with E-state index in [9.17, 15) is 5.11 Å². The van der Waals surface area contributed by atoms with Gasteiger partial charge in [0.25, 0.3) is 0 Å². The van der Waals surface area contributed by atoms with Crippen molar-refractivity contribution in [1.82, 2.24) is 9.88 Å². The normalized spacial score (nSPS) is 26.9. The Hall–Kier alpha value is -1.13. The van der Waals surface area contributed by atoms with Crippen LogP contribution in [-0.2, 0) is 6.54 Å². The molecule has 88 valence electrons. The number of hydrogen-bond donors (Lipinski definition) is 2. The van der Waals surface area contributed by atoms with E-state index in [0.29, 0.717) is 12.4 Å². The summed E-state index contributed by atoms with van der Waals surface area (Å²) in [4.78, 5) is 6.50. The van der Waals surface area contributed by atoms with Gasteiger partial charge in [-0.3, -0.25) is 4.90 Å². The van der Waals surface area contributed by atoms with Crippen molar-refractivity contribution in [2.75, 3.05) is 18.8 Å². The molecule has 0 amide bonds. The molecule has 0 radical (unpaired) electrons. The number of nitrogens with zero attached hydrogens (tertiary/aromatic N) is 2. The van der Waals surface area contributed by atoms with Crippen LogP contribution in [0.15, 0.2) is 18.2 Å². The zero-order valence-electron chi connectivity index (χ0n) is 9.69. The molecular weight excluding hydrogens is 202 g/mol. The second-order valence-electron chi connectivity index (χ2n) is 4.86. The largest absolute Gasteiger partial charge is 0.389 e. The second kappa shape index (κ2) is 4.39. The highest BCUT2D eigenvalue weighted by Crippen LogP contribution is 2.21. The minimum atomic E-state index is -0.557. The molecule has 1 fully saturated rings. The molecule has 2 heterocycles. The Morgan fingerprint density at radius 3 is 3.06 bits per heavy atom. The predicted octanol–water partition coefficient (Wildman–Crippen LogP) is 1.01. The van der Waals surface area contributed by atoms with Crippen LogP contribution in [0.4, 0.5) is 5.82 Å². The molecule has 0 bridgehead atoms. The van der Waals surface area contributed by atoms with Crippen LogP contribution in [0.2, 0.25) is 0 Å². The van der Waals surface area contributed by atoms with E-state index < -0.39 is 5.60 Å². The second-order valence-corrected chi connectivity index (χ2v) is 4.86. The number of piperidine rings is 1. The zero-order valence-corrected chi connectivity index (χ0v) is 9.69. The molecule has 0 saturated carbocycles. The Kier molecular flexibility index (Phi) is 3.12. The fraction of sp³-hybridized carbons (Fsp3) is 0.583. The molecule has 2 rings (SSSR count). The fourth-order valence-corrected chi connectivity index (χ4v) is 2.27. The molecule has 3 N–H and O–H groups in total. The van der Waals surface area contributed by atoms with E-state index in [1.165, 1.54) is 0 Å². The number of pyridine rings is 1. The number of nitrogens with two attached hydrogens (primary N) is 1. The van der Waals surface area contributed by atoms with Crippen LogP contribution < -0.4 is 5.73 Å². The summed E-state index contributed by atoms with van der Waals surface area (Å²) in [5.41, 5.74) is 6.05. The summed E-state index contributed by atoms with van der Waals surface area (Å²) in [6, 6.07) is 5.68. The van der Waals surface area contributed by atoms with Gasteiger partial charge in [-0.1, -0.05) is 6.07 Å². The van der Waals surface area contributed by atoms with Crippen LogP contribution in [0.25, 0.3) is 0 Å². The third-order valence-corrected chi connectivity index (χ3v) is 2.97. The van der Waals surface area contributed by atoms with Crippen LogP contribution in [0, 0.1) is 0 Å². The van der Waals surface area contributed by atoms with Gasteiger partial charge in [0, 0.05) is 13.1 Å². The molecule has 1 aromatic heterocycles. The van der Waals surface area contributed by atoms with Crippen LogP contribution >= 0.6 is 0 Å². The number of nitrogen functional groups attached to an aromatic ring is 1. The predicted molar refractivity (Wildman–Crippen MR) is 63.8 cm³/mol. The molecule has 1 aliphatic heterocycles. The first-order valence-electron chi connectivity index (χ1n) is 5.71. The third-order valence-electron chi connectivity index (χ3n) is 2.97. The summed E-state index contributed by atoms with van der Waals surface area (Å²) in [7, 11) is 0. The summed E-state index contributed by atoms with van der Waals surface area (Å²) in [6.07, 6.45) is 1.92. The summed E-state index contributed by atoms with van der Waals surface area (Å²) < 4.78 is 0. The SMILES string of the molecule is CC1(O)CCCN(Cc2cccc(N)n2)C1. The minimum Gasteiger partial charge on any atom is -0.389 e. The Balaban J connectivity index is 1.99. The van der Waals surface area contributed by atoms with Crippen molar-refractivity contribution in [3.05, 3.63) is 23.9 Å². The summed E-state index contributed by atoms with van der Waals surface area (Å²) in [5, 5.41) is 9.99. The lowest BCUT2D eigenvalue weighted by Crippen LogP contribution is -2.45. The molecule has 1 unspecified atom stereocenters. The highest BCUT2D eigenvalue weighted by molar-refractivity contribution is 5.28. The van der Waals surface area contributed by atoms with Crippen molar-refractivity contribution in [1.29, 1.82) is 0 Å². The minimum absolute atomic E-state index is 0.557. The van der Waals surface area contributed by atoms with E-state index in [-0.39, 0.29) is 0 Å². The highest BCUT2D eigenvalue weighted by Gasteiger charge is 2.28. The third kappa shape index (κ3) is 2.93. The van der Waals surface area contributed by atoms with E-state index in [0.717, 1.165) is 31.6 Å². The number of β-amino-alcohol motifs (C(OH)–C–C–N with tert-alkyl or cyclic N) is 1. The summed E-state index contributed by atoms with van der Waals surface area (Å²) in [6.45, 7) is 4.39. The van der Waals surface area contributed by atoms with Gasteiger partial charge in [-0.05, 0) is 38.4 Å². The lowest BCUT2D eigenvalue weighted by Gasteiger charge is -2.36. The summed E-state index contributed by atoms with van der Waals surface area (Å²) in [5.74, 6) is 0.557. The van der Waals surface area contributed by atoms with Crippen molar-refractivity contribution in [3.63, 3.8) is 0 Å². The number of hydrogen-bond acceptors (Lipinski definition) is 4. The van der Waals surface area contributed by atoms with Gasteiger partial charge in [-0.2, -0.15) is 0 Å². The Labute approximate surface area is 96.1 Å². The maximum absolute atomic E-state index is 9.99. The van der Waals surface area contributed by atoms with Gasteiger partial charge >= 0.3 is 0 Å². The van der Waals surface area contributed by atoms with Gasteiger partial charge in [0.15, 0.2) is 0 Å². The zero-order chi connectivity index (χ0) is 11.6. The topological polar surface area (TPSA) is 62.4 Å². The molecule has 1 aromatic rings. The molecular formula is C12H19N3O. The number of anilines is 1. The first-order chi connectivity index (χ1) is 7.55. The molecule has 1 atom stereocenters. The number of rotatable bonds is 2. The van der Waals surface area contributed by atoms with E-state index in [1.807, 2.05) is 19.1 Å². The standard InChI is InChI=1S/C12H19N3O/c1-12(16)6-3-7-15(9-12)8-10-4-2-5-11(13)14-10/h2,4-5,16H,3,6-9H2,1H3,(H2,13,14). The lowest BCUT2D eigenvalue weighted by molar-refractivity contribution is -0.0184. The van der Waals surface area contributed by atoms with Crippen molar-refractivity contribution in [2.45, 2.75) is 31.9 Å². The van der Waals surface area contributed by atoms with Crippen molar-refractivity contribution in [3.8, 4) is 0 Å². The Morgan fingerprint density at radius 1 is 1.56 bits per heavy atom. The average molecular weight is 221 g/mol. The van der Waals surface area contributed by atoms with Crippen LogP contribution in [0.3, 0.4) is 0 Å². The fourth-order valence-electron chi connectivity index (χ4n) is 2.27. The molecule has 0 spiro atoms. The van der Waals surface area contributed by atoms with Gasteiger partial charge in [0.2, 0.25) is 0 Å². The molecule has 1 aliphatic rings. The van der Waals surface area contributed by atoms with Crippen LogP contribution in [0.1, 0.15) is 25.5 Å². The van der Waals surface area contributed by atoms with Gasteiger partial charge < -0.3 is 10.8 Å². The van der Waals surface area contributed by atoms with E-state index >= 15 is 0 Å². The van der Waals surface area contributed by atoms with E-state index in [2.05, 4.69) is 9.88 Å². The van der Waals surface area contributed by atoms with Crippen LogP contribution in [0.5, 0.6) is 0 Å². The van der Waals surface area contributed by atoms with Gasteiger partial charge in [0.1, 0.15) is 5.82 Å². The van der Waals surface area contributed by atoms with Crippen molar-refractivity contribution in [2.24, 2.45) is 0 Å². The maximum Gasteiger partial charge on any atom is 0.123 e. The molecule has 4 heteroatoms. The number of aliphatic hydroxyl groups is 1. The number of likely N-dealkylation sites (tertiary alicyclic amines) is 1. The van der Waals surface area contributed by atoms with E-state index in [1.54, 1.807) is 6.07 Å². The number of aromatic nitrogens is 1. The highest BCUT2D eigenvalue weighted by atomic mass is 16.3. The Morgan fingerprint density at radius 2 is 2.38 bits per heavy atom. The van der Waals surface area contributed by atoms with Gasteiger partial charge in [-0.25, -0.2) is 4.98 Å². The molecule has 0 aromatic carbocycles.